The summed E-state index contributed by atoms with van der Waals surface area (Å²) in [6.45, 7) is 3.14. The lowest BCUT2D eigenvalue weighted by Gasteiger charge is -2.27. The Morgan fingerprint density at radius 2 is 1.84 bits per heavy atom. The van der Waals surface area contributed by atoms with Gasteiger partial charge in [0.25, 0.3) is 5.91 Å². The highest BCUT2D eigenvalue weighted by Gasteiger charge is 2.16. The molecule has 0 radical (unpaired) electrons. The van der Waals surface area contributed by atoms with E-state index in [0.717, 1.165) is 40.7 Å². The molecule has 4 rings (SSSR count). The molecule has 0 spiro atoms. The Morgan fingerprint density at radius 1 is 1.04 bits per heavy atom. The number of nitrogens with zero attached hydrogens (tertiary/aromatic N) is 2. The number of carbonyl (C=O) groups excluding carboxylic acids is 1. The molecule has 1 aromatic heterocycles. The van der Waals surface area contributed by atoms with Crippen LogP contribution in [0.25, 0.3) is 16.5 Å². The summed E-state index contributed by atoms with van der Waals surface area (Å²) in [5, 5.41) is 1.07. The minimum absolute atomic E-state index is 0.0282. The first kappa shape index (κ1) is 15.5. The number of rotatable bonds is 3. The smallest absolute Gasteiger partial charge is 0.255 e. The van der Waals surface area contributed by atoms with Crippen molar-refractivity contribution < 1.29 is 4.79 Å². The topological polar surface area (TPSA) is 25.2 Å². The van der Waals surface area contributed by atoms with Crippen molar-refractivity contribution in [3.05, 3.63) is 84.7 Å². The van der Waals surface area contributed by atoms with Crippen LogP contribution in [0.15, 0.2) is 79.1 Å². The fraction of sp³-hybridized carbons (Fsp3) is 0.136. The molecular weight excluding hydrogens is 308 g/mol. The number of para-hydroxylation sites is 2. The quantitative estimate of drug-likeness (QED) is 0.624. The van der Waals surface area contributed by atoms with Crippen molar-refractivity contribution in [2.24, 2.45) is 0 Å². The van der Waals surface area contributed by atoms with Crippen LogP contribution >= 0.6 is 0 Å². The van der Waals surface area contributed by atoms with Crippen LogP contribution in [0.4, 0.5) is 5.69 Å². The van der Waals surface area contributed by atoms with Crippen LogP contribution < -0.4 is 4.90 Å². The molecule has 2 aromatic carbocycles. The average Bonchev–Trinajstić information content (AvgIpc) is 3.08. The van der Waals surface area contributed by atoms with Crippen LogP contribution in [0.1, 0.15) is 23.7 Å². The van der Waals surface area contributed by atoms with Crippen molar-refractivity contribution >= 4 is 28.1 Å². The summed E-state index contributed by atoms with van der Waals surface area (Å²) in [6.07, 6.45) is 8.74. The molecule has 124 valence electrons. The Kier molecular flexibility index (Phi) is 3.98. The first-order chi connectivity index (χ1) is 12.3. The molecule has 0 saturated heterocycles. The van der Waals surface area contributed by atoms with Gasteiger partial charge in [-0.25, -0.2) is 0 Å². The highest BCUT2D eigenvalue weighted by molar-refractivity contribution is 6.05. The van der Waals surface area contributed by atoms with Gasteiger partial charge in [0.05, 0.1) is 5.52 Å². The molecule has 0 saturated carbocycles. The zero-order valence-corrected chi connectivity index (χ0v) is 14.2. The number of anilines is 1. The van der Waals surface area contributed by atoms with Gasteiger partial charge >= 0.3 is 0 Å². The molecule has 3 heteroatoms. The number of hydrogen-bond donors (Lipinski definition) is 0. The van der Waals surface area contributed by atoms with Gasteiger partial charge < -0.3 is 4.90 Å². The van der Waals surface area contributed by atoms with Crippen molar-refractivity contribution in [2.45, 2.75) is 13.3 Å². The van der Waals surface area contributed by atoms with E-state index in [-0.39, 0.29) is 5.91 Å². The molecule has 1 aliphatic heterocycles. The van der Waals surface area contributed by atoms with Crippen molar-refractivity contribution in [1.29, 1.82) is 0 Å². The Balaban J connectivity index is 1.74. The molecule has 0 bridgehead atoms. The molecule has 0 amide bonds. The Morgan fingerprint density at radius 3 is 2.72 bits per heavy atom. The van der Waals surface area contributed by atoms with Crippen molar-refractivity contribution in [3.8, 4) is 0 Å². The lowest BCUT2D eigenvalue weighted by atomic mass is 9.99. The molecule has 0 N–H and O–H groups in total. The van der Waals surface area contributed by atoms with E-state index >= 15 is 0 Å². The average molecular weight is 328 g/mol. The summed E-state index contributed by atoms with van der Waals surface area (Å²) in [6, 6.07) is 18.1. The minimum Gasteiger partial charge on any atom is -0.347 e. The van der Waals surface area contributed by atoms with E-state index in [1.54, 1.807) is 10.6 Å². The number of hydrogen-bond acceptors (Lipinski definition) is 2. The van der Waals surface area contributed by atoms with E-state index in [2.05, 4.69) is 30.2 Å². The highest BCUT2D eigenvalue weighted by atomic mass is 16.1. The first-order valence-corrected chi connectivity index (χ1v) is 8.64. The van der Waals surface area contributed by atoms with Crippen LogP contribution in [0.2, 0.25) is 0 Å². The number of aromatic nitrogens is 1. The second-order valence-electron chi connectivity index (χ2n) is 6.21. The van der Waals surface area contributed by atoms with E-state index in [1.807, 2.05) is 54.7 Å². The molecule has 0 atom stereocenters. The summed E-state index contributed by atoms with van der Waals surface area (Å²) in [4.78, 5) is 15.1. The Labute approximate surface area is 147 Å². The van der Waals surface area contributed by atoms with Gasteiger partial charge in [-0.2, -0.15) is 0 Å². The van der Waals surface area contributed by atoms with Gasteiger partial charge in [-0.1, -0.05) is 43.3 Å². The van der Waals surface area contributed by atoms with Gasteiger partial charge in [-0.05, 0) is 36.3 Å². The second kappa shape index (κ2) is 6.44. The zero-order chi connectivity index (χ0) is 17.2. The third kappa shape index (κ3) is 2.78. The van der Waals surface area contributed by atoms with Crippen molar-refractivity contribution in [3.63, 3.8) is 0 Å². The first-order valence-electron chi connectivity index (χ1n) is 8.64. The van der Waals surface area contributed by atoms with E-state index in [0.29, 0.717) is 0 Å². The SMILES string of the molecule is CCCN1C=C/C(=C\C(=O)n2ccc3ccccc32)c2ccccc21. The fourth-order valence-electron chi connectivity index (χ4n) is 3.35. The summed E-state index contributed by atoms with van der Waals surface area (Å²) in [5.41, 5.74) is 4.14. The standard InChI is InChI=1S/C22H20N2O/c1-2-13-23-14-11-18(19-8-4-6-10-21(19)23)16-22(25)24-15-12-17-7-3-5-9-20(17)24/h3-12,14-16H,2,13H2,1H3/b18-16+. The van der Waals surface area contributed by atoms with E-state index < -0.39 is 0 Å². The highest BCUT2D eigenvalue weighted by Crippen LogP contribution is 2.32. The monoisotopic (exact) mass is 328 g/mol. The number of benzene rings is 2. The van der Waals surface area contributed by atoms with Gasteiger partial charge in [0.1, 0.15) is 0 Å². The molecule has 3 nitrogen and oxygen atoms in total. The maximum absolute atomic E-state index is 12.8. The maximum Gasteiger partial charge on any atom is 0.255 e. The van der Waals surface area contributed by atoms with Gasteiger partial charge in [-0.3, -0.25) is 9.36 Å². The van der Waals surface area contributed by atoms with Crippen LogP contribution in [-0.2, 0) is 0 Å². The minimum atomic E-state index is -0.0282. The second-order valence-corrected chi connectivity index (χ2v) is 6.21. The number of carbonyl (C=O) groups is 1. The number of allylic oxidation sites excluding steroid dienone is 3. The van der Waals surface area contributed by atoms with E-state index in [9.17, 15) is 4.79 Å². The van der Waals surface area contributed by atoms with Crippen molar-refractivity contribution in [2.75, 3.05) is 11.4 Å². The third-order valence-electron chi connectivity index (χ3n) is 4.54. The normalized spacial score (nSPS) is 14.9. The molecule has 0 unspecified atom stereocenters. The largest absolute Gasteiger partial charge is 0.347 e. The van der Waals surface area contributed by atoms with Crippen LogP contribution in [0.5, 0.6) is 0 Å². The summed E-state index contributed by atoms with van der Waals surface area (Å²) < 4.78 is 1.71. The van der Waals surface area contributed by atoms with E-state index in [1.165, 1.54) is 0 Å². The summed E-state index contributed by atoms with van der Waals surface area (Å²) in [5.74, 6) is -0.0282. The Bertz CT molecular complexity index is 994. The molecule has 3 aromatic rings. The van der Waals surface area contributed by atoms with Gasteiger partial charge in [0.15, 0.2) is 0 Å². The van der Waals surface area contributed by atoms with E-state index in [4.69, 9.17) is 0 Å². The molecule has 25 heavy (non-hydrogen) atoms. The van der Waals surface area contributed by atoms with Gasteiger partial charge in [0, 0.05) is 41.7 Å². The predicted octanol–water partition coefficient (Wildman–Crippen LogP) is 5.11. The van der Waals surface area contributed by atoms with Crippen LogP contribution in [0.3, 0.4) is 0 Å². The summed E-state index contributed by atoms with van der Waals surface area (Å²) >= 11 is 0. The lowest BCUT2D eigenvalue weighted by molar-refractivity contribution is 0.0974. The molecule has 2 heterocycles. The molecular formula is C22H20N2O. The molecule has 0 fully saturated rings. The third-order valence-corrected chi connectivity index (χ3v) is 4.54. The maximum atomic E-state index is 12.8. The molecule has 1 aliphatic rings. The van der Waals surface area contributed by atoms with Crippen LogP contribution in [-0.4, -0.2) is 17.0 Å². The lowest BCUT2D eigenvalue weighted by Crippen LogP contribution is -2.20. The van der Waals surface area contributed by atoms with Crippen molar-refractivity contribution in [1.82, 2.24) is 4.57 Å². The fourth-order valence-corrected chi connectivity index (χ4v) is 3.35. The molecule has 0 aliphatic carbocycles. The van der Waals surface area contributed by atoms with Gasteiger partial charge in [0.2, 0.25) is 0 Å². The zero-order valence-electron chi connectivity index (χ0n) is 14.2. The van der Waals surface area contributed by atoms with Crippen LogP contribution in [0, 0.1) is 0 Å². The van der Waals surface area contributed by atoms with Gasteiger partial charge in [-0.15, -0.1) is 0 Å². The number of fused-ring (bicyclic) bond motifs is 2. The Hall–Kier alpha value is -3.07. The predicted molar refractivity (Wildman–Crippen MR) is 104 cm³/mol. The summed E-state index contributed by atoms with van der Waals surface area (Å²) in [7, 11) is 0.